The van der Waals surface area contributed by atoms with Crippen LogP contribution in [0.5, 0.6) is 0 Å². The summed E-state index contributed by atoms with van der Waals surface area (Å²) in [6.07, 6.45) is 0.191. The zero-order chi connectivity index (χ0) is 14.1. The van der Waals surface area contributed by atoms with E-state index in [9.17, 15) is 0 Å². The molecule has 3 rings (SSSR count). The van der Waals surface area contributed by atoms with Crippen LogP contribution in [0.25, 0.3) is 11.0 Å². The van der Waals surface area contributed by atoms with Crippen molar-refractivity contribution in [1.29, 1.82) is 0 Å². The summed E-state index contributed by atoms with van der Waals surface area (Å²) in [7, 11) is 2.13. The second-order valence-corrected chi connectivity index (χ2v) is 6.34. The minimum absolute atomic E-state index is 0.191. The summed E-state index contributed by atoms with van der Waals surface area (Å²) in [5.74, 6) is 1.31. The van der Waals surface area contributed by atoms with Crippen LogP contribution < -0.4 is 0 Å². The smallest absolute Gasteiger partial charge is 0.124 e. The fourth-order valence-corrected chi connectivity index (χ4v) is 3.19. The number of likely N-dealkylation sites (N-methyl/N-ethyl adjacent to an activating group) is 1. The third-order valence-electron chi connectivity index (χ3n) is 3.64. The molecule has 2 heterocycles. The van der Waals surface area contributed by atoms with Gasteiger partial charge in [-0.2, -0.15) is 0 Å². The second kappa shape index (κ2) is 6.02. The number of alkyl halides is 1. The molecule has 1 aliphatic heterocycles. The first-order chi connectivity index (χ1) is 9.67. The summed E-state index contributed by atoms with van der Waals surface area (Å²) < 4.78 is 9.06. The number of rotatable bonds is 3. The standard InChI is InChI=1S/C14H17BrClN3O/c1-18-4-5-20-11(8-18)9-19-13-3-2-10(15)6-12(13)17-14(19)7-16/h2-3,6,11H,4-5,7-9H2,1H3. The summed E-state index contributed by atoms with van der Waals surface area (Å²) in [6.45, 7) is 3.52. The lowest BCUT2D eigenvalue weighted by atomic mass is 10.2. The molecule has 0 bridgehead atoms. The molecule has 1 saturated heterocycles. The quantitative estimate of drug-likeness (QED) is 0.790. The van der Waals surface area contributed by atoms with Crippen LogP contribution in [0.1, 0.15) is 5.82 Å². The monoisotopic (exact) mass is 357 g/mol. The Morgan fingerprint density at radius 1 is 1.50 bits per heavy atom. The molecule has 1 atom stereocenters. The molecule has 1 fully saturated rings. The highest BCUT2D eigenvalue weighted by Crippen LogP contribution is 2.23. The lowest BCUT2D eigenvalue weighted by Gasteiger charge is -2.30. The highest BCUT2D eigenvalue weighted by Gasteiger charge is 2.20. The molecule has 0 N–H and O–H groups in total. The molecule has 0 radical (unpaired) electrons. The van der Waals surface area contributed by atoms with Gasteiger partial charge in [-0.3, -0.25) is 0 Å². The Hall–Kier alpha value is -0.620. The predicted octanol–water partition coefficient (Wildman–Crippen LogP) is 2.87. The number of aromatic nitrogens is 2. The summed E-state index contributed by atoms with van der Waals surface area (Å²) >= 11 is 9.52. The van der Waals surface area contributed by atoms with E-state index in [4.69, 9.17) is 16.3 Å². The van der Waals surface area contributed by atoms with Crippen molar-refractivity contribution in [3.05, 3.63) is 28.5 Å². The van der Waals surface area contributed by atoms with Gasteiger partial charge in [0, 0.05) is 17.6 Å². The van der Waals surface area contributed by atoms with Gasteiger partial charge in [0.2, 0.25) is 0 Å². The van der Waals surface area contributed by atoms with E-state index in [0.29, 0.717) is 5.88 Å². The van der Waals surface area contributed by atoms with E-state index in [0.717, 1.165) is 47.6 Å². The zero-order valence-corrected chi connectivity index (χ0v) is 13.7. The molecule has 1 aromatic heterocycles. The molecule has 0 saturated carbocycles. The molecule has 20 heavy (non-hydrogen) atoms. The van der Waals surface area contributed by atoms with Crippen LogP contribution in [0.15, 0.2) is 22.7 Å². The number of hydrogen-bond donors (Lipinski definition) is 0. The van der Waals surface area contributed by atoms with E-state index in [1.54, 1.807) is 0 Å². The van der Waals surface area contributed by atoms with Gasteiger partial charge in [-0.15, -0.1) is 11.6 Å². The van der Waals surface area contributed by atoms with E-state index in [1.165, 1.54) is 0 Å². The lowest BCUT2D eigenvalue weighted by molar-refractivity contribution is -0.0272. The topological polar surface area (TPSA) is 30.3 Å². The highest BCUT2D eigenvalue weighted by molar-refractivity contribution is 9.10. The Morgan fingerprint density at radius 3 is 3.10 bits per heavy atom. The van der Waals surface area contributed by atoms with Crippen LogP contribution in [0.3, 0.4) is 0 Å². The van der Waals surface area contributed by atoms with Crippen LogP contribution in [-0.2, 0) is 17.2 Å². The summed E-state index contributed by atoms with van der Waals surface area (Å²) in [5.41, 5.74) is 2.08. The number of nitrogens with zero attached hydrogens (tertiary/aromatic N) is 3. The second-order valence-electron chi connectivity index (χ2n) is 5.16. The van der Waals surface area contributed by atoms with E-state index < -0.39 is 0 Å². The van der Waals surface area contributed by atoms with Crippen molar-refractivity contribution in [1.82, 2.24) is 14.5 Å². The molecule has 1 aromatic carbocycles. The van der Waals surface area contributed by atoms with Crippen molar-refractivity contribution in [3.8, 4) is 0 Å². The molecule has 108 valence electrons. The van der Waals surface area contributed by atoms with Gasteiger partial charge < -0.3 is 14.2 Å². The maximum atomic E-state index is 6.04. The Labute approximate surface area is 131 Å². The number of hydrogen-bond acceptors (Lipinski definition) is 3. The van der Waals surface area contributed by atoms with Gasteiger partial charge in [0.1, 0.15) is 5.82 Å². The van der Waals surface area contributed by atoms with Gasteiger partial charge in [0.05, 0.1) is 36.2 Å². The Bertz CT molecular complexity index is 616. The van der Waals surface area contributed by atoms with Crippen LogP contribution in [0.4, 0.5) is 0 Å². The Kier molecular flexibility index (Phi) is 4.31. The first kappa shape index (κ1) is 14.3. The number of halogens is 2. The third-order valence-corrected chi connectivity index (χ3v) is 4.37. The average molecular weight is 359 g/mol. The summed E-state index contributed by atoms with van der Waals surface area (Å²) in [6, 6.07) is 6.14. The third kappa shape index (κ3) is 2.86. The van der Waals surface area contributed by atoms with E-state index in [1.807, 2.05) is 12.1 Å². The average Bonchev–Trinajstić information content (AvgIpc) is 2.76. The minimum atomic E-state index is 0.191. The largest absolute Gasteiger partial charge is 0.374 e. The van der Waals surface area contributed by atoms with Crippen molar-refractivity contribution in [3.63, 3.8) is 0 Å². The highest BCUT2D eigenvalue weighted by atomic mass is 79.9. The molecule has 1 aliphatic rings. The Balaban J connectivity index is 1.93. The normalized spacial score (nSPS) is 20.6. The van der Waals surface area contributed by atoms with Crippen molar-refractivity contribution < 1.29 is 4.74 Å². The number of ether oxygens (including phenoxy) is 1. The van der Waals surface area contributed by atoms with Gasteiger partial charge in [-0.25, -0.2) is 4.98 Å². The first-order valence-corrected chi connectivity index (χ1v) is 8.01. The molecular weight excluding hydrogens is 342 g/mol. The van der Waals surface area contributed by atoms with Gasteiger partial charge >= 0.3 is 0 Å². The summed E-state index contributed by atoms with van der Waals surface area (Å²) in [5, 5.41) is 0. The van der Waals surface area contributed by atoms with Crippen LogP contribution >= 0.6 is 27.5 Å². The van der Waals surface area contributed by atoms with Crippen molar-refractivity contribution >= 4 is 38.6 Å². The molecule has 0 amide bonds. The molecule has 1 unspecified atom stereocenters. The predicted molar refractivity (Wildman–Crippen MR) is 84.2 cm³/mol. The minimum Gasteiger partial charge on any atom is -0.374 e. The lowest BCUT2D eigenvalue weighted by Crippen LogP contribution is -2.42. The molecule has 6 heteroatoms. The van der Waals surface area contributed by atoms with Crippen molar-refractivity contribution in [2.45, 2.75) is 18.5 Å². The molecule has 4 nitrogen and oxygen atoms in total. The van der Waals surface area contributed by atoms with Crippen LogP contribution in [0, 0.1) is 0 Å². The molecule has 0 aliphatic carbocycles. The Morgan fingerprint density at radius 2 is 2.35 bits per heavy atom. The number of benzene rings is 1. The number of fused-ring (bicyclic) bond motifs is 1. The fraction of sp³-hybridized carbons (Fsp3) is 0.500. The van der Waals surface area contributed by atoms with Crippen LogP contribution in [0.2, 0.25) is 0 Å². The molecular formula is C14H17BrClN3O. The molecule has 2 aromatic rings. The van der Waals surface area contributed by atoms with Gasteiger partial charge in [-0.1, -0.05) is 15.9 Å². The van der Waals surface area contributed by atoms with Gasteiger partial charge in [0.25, 0.3) is 0 Å². The van der Waals surface area contributed by atoms with E-state index in [-0.39, 0.29) is 6.10 Å². The van der Waals surface area contributed by atoms with E-state index in [2.05, 4.69) is 43.5 Å². The summed E-state index contributed by atoms with van der Waals surface area (Å²) in [4.78, 5) is 6.90. The van der Waals surface area contributed by atoms with Gasteiger partial charge in [0.15, 0.2) is 0 Å². The fourth-order valence-electron chi connectivity index (χ4n) is 2.64. The first-order valence-electron chi connectivity index (χ1n) is 6.68. The number of imidazole rings is 1. The molecule has 0 spiro atoms. The number of morpholine rings is 1. The van der Waals surface area contributed by atoms with Crippen molar-refractivity contribution in [2.24, 2.45) is 0 Å². The van der Waals surface area contributed by atoms with Gasteiger partial charge in [-0.05, 0) is 25.2 Å². The van der Waals surface area contributed by atoms with E-state index >= 15 is 0 Å². The maximum absolute atomic E-state index is 6.04. The van der Waals surface area contributed by atoms with Crippen molar-refractivity contribution in [2.75, 3.05) is 26.7 Å². The maximum Gasteiger partial charge on any atom is 0.124 e. The zero-order valence-electron chi connectivity index (χ0n) is 11.4. The SMILES string of the molecule is CN1CCOC(Cn2c(CCl)nc3cc(Br)ccc32)C1. The van der Waals surface area contributed by atoms with Crippen LogP contribution in [-0.4, -0.2) is 47.3 Å².